The molecule has 3 aromatic rings. The number of anilines is 3. The molecule has 0 atom stereocenters. The van der Waals surface area contributed by atoms with E-state index in [9.17, 15) is 13.2 Å². The number of sulfonamides is 1. The maximum atomic E-state index is 12.4. The van der Waals surface area contributed by atoms with E-state index in [1.54, 1.807) is 48.5 Å². The number of nitrogens with zero attached hydrogens (tertiary/aromatic N) is 1. The van der Waals surface area contributed by atoms with Crippen LogP contribution in [0, 0.1) is 6.92 Å². The van der Waals surface area contributed by atoms with Gasteiger partial charge >= 0.3 is 0 Å². The van der Waals surface area contributed by atoms with Gasteiger partial charge in [0.2, 0.25) is 0 Å². The van der Waals surface area contributed by atoms with Gasteiger partial charge < -0.3 is 5.32 Å². The Morgan fingerprint density at radius 3 is 2.26 bits per heavy atom. The Labute approximate surface area is 158 Å². The average molecular weight is 381 g/mol. The van der Waals surface area contributed by atoms with Crippen LogP contribution in [0.3, 0.4) is 0 Å². The van der Waals surface area contributed by atoms with Crippen molar-refractivity contribution >= 4 is 33.0 Å². The Kier molecular flexibility index (Phi) is 5.23. The second-order valence-corrected chi connectivity index (χ2v) is 7.80. The third kappa shape index (κ3) is 4.71. The van der Waals surface area contributed by atoms with E-state index in [4.69, 9.17) is 0 Å². The molecule has 0 spiro atoms. The molecule has 2 aromatic carbocycles. The van der Waals surface area contributed by atoms with Gasteiger partial charge in [-0.15, -0.1) is 0 Å². The van der Waals surface area contributed by atoms with Crippen molar-refractivity contribution in [1.82, 2.24) is 4.98 Å². The highest BCUT2D eigenvalue weighted by molar-refractivity contribution is 7.92. The Bertz CT molecular complexity index is 1060. The van der Waals surface area contributed by atoms with Crippen LogP contribution < -0.4 is 10.0 Å². The summed E-state index contributed by atoms with van der Waals surface area (Å²) < 4.78 is 27.3. The zero-order valence-corrected chi connectivity index (χ0v) is 15.7. The number of nitrogens with one attached hydrogen (secondary N) is 2. The number of rotatable bonds is 6. The van der Waals surface area contributed by atoms with Crippen molar-refractivity contribution in [3.05, 3.63) is 78.0 Å². The minimum Gasteiger partial charge on any atom is -0.354 e. The van der Waals surface area contributed by atoms with Gasteiger partial charge in [-0.05, 0) is 67.9 Å². The number of carbonyl (C=O) groups excluding carboxylic acids is 1. The van der Waals surface area contributed by atoms with E-state index >= 15 is 0 Å². The normalized spacial score (nSPS) is 11.0. The van der Waals surface area contributed by atoms with Crippen LogP contribution in [0.15, 0.2) is 71.8 Å². The Balaban J connectivity index is 1.70. The Morgan fingerprint density at radius 2 is 1.67 bits per heavy atom. The first kappa shape index (κ1) is 18.6. The molecule has 0 radical (unpaired) electrons. The van der Waals surface area contributed by atoms with Crippen LogP contribution >= 0.6 is 0 Å². The largest absolute Gasteiger partial charge is 0.354 e. The molecule has 0 aliphatic heterocycles. The van der Waals surface area contributed by atoms with Gasteiger partial charge in [0.25, 0.3) is 10.0 Å². The molecular formula is C20H19N3O3S. The number of ketones is 1. The fourth-order valence-electron chi connectivity index (χ4n) is 2.46. The lowest BCUT2D eigenvalue weighted by molar-refractivity contribution is 0.101. The predicted octanol–water partition coefficient (Wildman–Crippen LogP) is 4.14. The summed E-state index contributed by atoms with van der Waals surface area (Å²) in [4.78, 5) is 15.6. The van der Waals surface area contributed by atoms with E-state index in [1.165, 1.54) is 19.2 Å². The highest BCUT2D eigenvalue weighted by Crippen LogP contribution is 2.20. The van der Waals surface area contributed by atoms with Crippen LogP contribution in [0.1, 0.15) is 22.8 Å². The van der Waals surface area contributed by atoms with Crippen molar-refractivity contribution in [1.29, 1.82) is 0 Å². The van der Waals surface area contributed by atoms with Gasteiger partial charge in [-0.2, -0.15) is 0 Å². The number of hydrogen-bond acceptors (Lipinski definition) is 5. The van der Waals surface area contributed by atoms with Gasteiger partial charge in [-0.3, -0.25) is 9.52 Å². The lowest BCUT2D eigenvalue weighted by atomic mass is 10.1. The first-order valence-corrected chi connectivity index (χ1v) is 9.75. The molecule has 0 bridgehead atoms. The predicted molar refractivity (Wildman–Crippen MR) is 106 cm³/mol. The lowest BCUT2D eigenvalue weighted by Gasteiger charge is -2.10. The maximum Gasteiger partial charge on any atom is 0.263 e. The second kappa shape index (κ2) is 7.59. The first-order chi connectivity index (χ1) is 12.8. The van der Waals surface area contributed by atoms with Gasteiger partial charge in [0.15, 0.2) is 5.78 Å². The van der Waals surface area contributed by atoms with Crippen LogP contribution in [-0.4, -0.2) is 19.2 Å². The summed E-state index contributed by atoms with van der Waals surface area (Å²) in [6.07, 6.45) is 1.53. The topological polar surface area (TPSA) is 88.2 Å². The molecule has 0 aliphatic carbocycles. The summed E-state index contributed by atoms with van der Waals surface area (Å²) in [5.41, 5.74) is 3.00. The summed E-state index contributed by atoms with van der Waals surface area (Å²) in [6.45, 7) is 3.35. The second-order valence-electron chi connectivity index (χ2n) is 6.11. The van der Waals surface area contributed by atoms with Crippen LogP contribution in [0.2, 0.25) is 0 Å². The molecule has 0 aliphatic rings. The van der Waals surface area contributed by atoms with Gasteiger partial charge in [0, 0.05) is 11.3 Å². The number of aryl methyl sites for hydroxylation is 1. The summed E-state index contributed by atoms with van der Waals surface area (Å²) in [5.74, 6) is 0.238. The minimum absolute atomic E-state index is 0.00784. The van der Waals surface area contributed by atoms with E-state index in [1.807, 2.05) is 13.0 Å². The van der Waals surface area contributed by atoms with Crippen LogP contribution in [0.5, 0.6) is 0 Å². The van der Waals surface area contributed by atoms with Gasteiger partial charge in [-0.1, -0.05) is 12.1 Å². The standard InChI is InChI=1S/C20H19N3O3S/c1-14-4-3-5-19(12-14)27(25,26)23-20-11-10-18(13-21-20)22-17-8-6-16(7-9-17)15(2)24/h3-13,22H,1-2H3,(H,21,23). The summed E-state index contributed by atoms with van der Waals surface area (Å²) in [7, 11) is -3.69. The number of aromatic nitrogens is 1. The van der Waals surface area contributed by atoms with Crippen LogP contribution in [-0.2, 0) is 10.0 Å². The van der Waals surface area contributed by atoms with Gasteiger partial charge in [0.05, 0.1) is 16.8 Å². The molecule has 27 heavy (non-hydrogen) atoms. The zero-order chi connectivity index (χ0) is 19.4. The SMILES string of the molecule is CC(=O)c1ccc(Nc2ccc(NS(=O)(=O)c3cccc(C)c3)nc2)cc1. The van der Waals surface area contributed by atoms with E-state index in [0.29, 0.717) is 11.3 Å². The van der Waals surface area contributed by atoms with Gasteiger partial charge in [-0.25, -0.2) is 13.4 Å². The molecule has 1 aromatic heterocycles. The van der Waals surface area contributed by atoms with E-state index in [0.717, 1.165) is 11.3 Å². The number of hydrogen-bond donors (Lipinski definition) is 2. The third-order valence-corrected chi connectivity index (χ3v) is 5.23. The third-order valence-electron chi connectivity index (χ3n) is 3.88. The van der Waals surface area contributed by atoms with Crippen LogP contribution in [0.25, 0.3) is 0 Å². The highest BCUT2D eigenvalue weighted by atomic mass is 32.2. The smallest absolute Gasteiger partial charge is 0.263 e. The van der Waals surface area contributed by atoms with Gasteiger partial charge in [0.1, 0.15) is 5.82 Å². The van der Waals surface area contributed by atoms with Crippen molar-refractivity contribution in [3.8, 4) is 0 Å². The number of pyridine rings is 1. The number of Topliss-reactive ketones (excluding diaryl/α,β-unsaturated/α-hetero) is 1. The number of benzene rings is 2. The zero-order valence-electron chi connectivity index (χ0n) is 14.9. The quantitative estimate of drug-likeness (QED) is 0.627. The van der Waals surface area contributed by atoms with Crippen molar-refractivity contribution in [2.24, 2.45) is 0 Å². The first-order valence-electron chi connectivity index (χ1n) is 8.27. The molecule has 7 heteroatoms. The minimum atomic E-state index is -3.69. The molecule has 1 heterocycles. The van der Waals surface area contributed by atoms with Crippen LogP contribution in [0.4, 0.5) is 17.2 Å². The molecule has 3 rings (SSSR count). The average Bonchev–Trinajstić information content (AvgIpc) is 2.63. The fourth-order valence-corrected chi connectivity index (χ4v) is 3.57. The fraction of sp³-hybridized carbons (Fsp3) is 0.100. The maximum absolute atomic E-state index is 12.4. The van der Waals surface area contributed by atoms with Crippen molar-refractivity contribution < 1.29 is 13.2 Å². The van der Waals surface area contributed by atoms with Crippen molar-refractivity contribution in [3.63, 3.8) is 0 Å². The van der Waals surface area contributed by atoms with E-state index in [-0.39, 0.29) is 16.5 Å². The molecule has 0 saturated carbocycles. The Hall–Kier alpha value is -3.19. The van der Waals surface area contributed by atoms with Crippen molar-refractivity contribution in [2.45, 2.75) is 18.7 Å². The molecule has 0 amide bonds. The monoisotopic (exact) mass is 381 g/mol. The molecule has 0 fully saturated rings. The van der Waals surface area contributed by atoms with Crippen molar-refractivity contribution in [2.75, 3.05) is 10.0 Å². The highest BCUT2D eigenvalue weighted by Gasteiger charge is 2.14. The molecular weight excluding hydrogens is 362 g/mol. The molecule has 0 saturated heterocycles. The summed E-state index contributed by atoms with van der Waals surface area (Å²) in [5, 5.41) is 3.15. The molecule has 6 nitrogen and oxygen atoms in total. The molecule has 0 unspecified atom stereocenters. The van der Waals surface area contributed by atoms with E-state index in [2.05, 4.69) is 15.0 Å². The van der Waals surface area contributed by atoms with E-state index < -0.39 is 10.0 Å². The summed E-state index contributed by atoms with van der Waals surface area (Å²) in [6, 6.07) is 17.0. The Morgan fingerprint density at radius 1 is 0.963 bits per heavy atom. The molecule has 2 N–H and O–H groups in total. The lowest BCUT2D eigenvalue weighted by Crippen LogP contribution is -2.14. The number of carbonyl (C=O) groups is 1. The molecule has 138 valence electrons. The summed E-state index contributed by atoms with van der Waals surface area (Å²) >= 11 is 0.